The second kappa shape index (κ2) is 9.53. The van der Waals surface area contributed by atoms with Crippen molar-refractivity contribution in [2.24, 2.45) is 0 Å². The number of carbonyl (C=O) groups is 2. The minimum absolute atomic E-state index is 0.0648. The fraction of sp³-hybridized carbons (Fsp3) is 0.826. The number of carbonyl (C=O) groups excluding carboxylic acids is 2. The molecule has 0 aromatic rings. The summed E-state index contributed by atoms with van der Waals surface area (Å²) >= 11 is 0. The fourth-order valence-electron chi connectivity index (χ4n) is 4.03. The molecule has 2 heterocycles. The normalized spacial score (nSPS) is 25.0. The molecule has 0 N–H and O–H groups in total. The zero-order valence-electron chi connectivity index (χ0n) is 20.7. The highest BCUT2D eigenvalue weighted by Crippen LogP contribution is 2.40. The highest BCUT2D eigenvalue weighted by atomic mass is 28.4. The quantitative estimate of drug-likeness (QED) is 0.423. The minimum Gasteiger partial charge on any atom is -0.445 e. The van der Waals surface area contributed by atoms with Crippen molar-refractivity contribution in [1.29, 1.82) is 0 Å². The number of amides is 2. The maximum absolute atomic E-state index is 13.1. The lowest BCUT2D eigenvalue weighted by atomic mass is 10.0. The molecule has 2 saturated heterocycles. The first-order valence-electron chi connectivity index (χ1n) is 11.4. The van der Waals surface area contributed by atoms with Crippen LogP contribution in [0.15, 0.2) is 12.7 Å². The van der Waals surface area contributed by atoms with Gasteiger partial charge in [-0.05, 0) is 58.2 Å². The third-order valence-electron chi connectivity index (χ3n) is 6.50. The van der Waals surface area contributed by atoms with E-state index in [-0.39, 0.29) is 42.0 Å². The zero-order chi connectivity index (χ0) is 23.6. The van der Waals surface area contributed by atoms with Gasteiger partial charge in [0.2, 0.25) is 0 Å². The maximum atomic E-state index is 13.1. The number of likely N-dealkylation sites (tertiary alicyclic amines) is 2. The predicted octanol–water partition coefficient (Wildman–Crippen LogP) is 5.17. The van der Waals surface area contributed by atoms with Crippen LogP contribution in [0.2, 0.25) is 18.1 Å². The smallest absolute Gasteiger partial charge is 0.410 e. The summed E-state index contributed by atoms with van der Waals surface area (Å²) in [7, 11) is -2.00. The van der Waals surface area contributed by atoms with Crippen molar-refractivity contribution >= 4 is 20.5 Å². The molecule has 2 aliphatic rings. The Labute approximate surface area is 189 Å². The Bertz CT molecular complexity index is 668. The number of ether oxygens (including phenoxy) is 2. The summed E-state index contributed by atoms with van der Waals surface area (Å²) in [5.41, 5.74) is -0.585. The van der Waals surface area contributed by atoms with Crippen LogP contribution in [0.1, 0.15) is 60.8 Å². The summed E-state index contributed by atoms with van der Waals surface area (Å²) in [6, 6.07) is -0.249. The second-order valence-corrected chi connectivity index (χ2v) is 16.0. The Balaban J connectivity index is 2.24. The molecular formula is C23H42N2O5Si. The molecule has 8 heteroatoms. The van der Waals surface area contributed by atoms with Crippen LogP contribution in [0.25, 0.3) is 0 Å². The Kier molecular flexibility index (Phi) is 7.90. The van der Waals surface area contributed by atoms with Gasteiger partial charge in [-0.3, -0.25) is 0 Å². The molecule has 0 radical (unpaired) electrons. The van der Waals surface area contributed by atoms with Gasteiger partial charge in [0.25, 0.3) is 0 Å². The molecule has 7 nitrogen and oxygen atoms in total. The molecule has 31 heavy (non-hydrogen) atoms. The molecule has 0 aromatic carbocycles. The number of hydrogen-bond donors (Lipinski definition) is 0. The molecule has 2 fully saturated rings. The van der Waals surface area contributed by atoms with Crippen LogP contribution in [-0.2, 0) is 13.9 Å². The van der Waals surface area contributed by atoms with E-state index in [9.17, 15) is 9.59 Å². The lowest BCUT2D eigenvalue weighted by molar-refractivity contribution is 0.0134. The maximum Gasteiger partial charge on any atom is 0.410 e. The van der Waals surface area contributed by atoms with Crippen molar-refractivity contribution in [3.63, 3.8) is 0 Å². The molecule has 1 unspecified atom stereocenters. The average Bonchev–Trinajstić information content (AvgIpc) is 3.23. The molecule has 0 aliphatic carbocycles. The van der Waals surface area contributed by atoms with Crippen molar-refractivity contribution < 1.29 is 23.5 Å². The van der Waals surface area contributed by atoms with Crippen molar-refractivity contribution in [3.05, 3.63) is 12.7 Å². The van der Waals surface area contributed by atoms with E-state index in [1.165, 1.54) is 0 Å². The summed E-state index contributed by atoms with van der Waals surface area (Å²) in [5.74, 6) is 0. The van der Waals surface area contributed by atoms with Crippen LogP contribution in [0, 0.1) is 0 Å². The third kappa shape index (κ3) is 6.48. The second-order valence-electron chi connectivity index (χ2n) is 11.2. The molecule has 0 aromatic heterocycles. The molecular weight excluding hydrogens is 412 g/mol. The van der Waals surface area contributed by atoms with Gasteiger partial charge in [0, 0.05) is 13.1 Å². The molecule has 2 rings (SSSR count). The van der Waals surface area contributed by atoms with Crippen LogP contribution < -0.4 is 0 Å². The monoisotopic (exact) mass is 454 g/mol. The number of hydrogen-bond acceptors (Lipinski definition) is 5. The van der Waals surface area contributed by atoms with E-state index in [0.717, 1.165) is 12.8 Å². The molecule has 0 spiro atoms. The van der Waals surface area contributed by atoms with E-state index < -0.39 is 13.9 Å². The Morgan fingerprint density at radius 1 is 1.06 bits per heavy atom. The van der Waals surface area contributed by atoms with Gasteiger partial charge in [-0.15, -0.1) is 0 Å². The largest absolute Gasteiger partial charge is 0.445 e. The van der Waals surface area contributed by atoms with Crippen LogP contribution in [0.3, 0.4) is 0 Å². The number of rotatable bonds is 5. The van der Waals surface area contributed by atoms with E-state index >= 15 is 0 Å². The van der Waals surface area contributed by atoms with Crippen molar-refractivity contribution in [2.75, 3.05) is 19.7 Å². The van der Waals surface area contributed by atoms with Gasteiger partial charge in [-0.2, -0.15) is 0 Å². The van der Waals surface area contributed by atoms with E-state index in [1.54, 1.807) is 15.9 Å². The van der Waals surface area contributed by atoms with Crippen LogP contribution in [0.4, 0.5) is 9.59 Å². The third-order valence-corrected chi connectivity index (χ3v) is 11.0. The molecule has 178 valence electrons. The van der Waals surface area contributed by atoms with Crippen LogP contribution >= 0.6 is 0 Å². The van der Waals surface area contributed by atoms with Gasteiger partial charge < -0.3 is 23.7 Å². The molecule has 2 aliphatic heterocycles. The molecule has 0 saturated carbocycles. The molecule has 3 atom stereocenters. The minimum atomic E-state index is -2.00. The highest BCUT2D eigenvalue weighted by Gasteiger charge is 2.49. The summed E-state index contributed by atoms with van der Waals surface area (Å²) in [4.78, 5) is 29.3. The summed E-state index contributed by atoms with van der Waals surface area (Å²) in [5, 5.41) is 0.0791. The van der Waals surface area contributed by atoms with Gasteiger partial charge in [0.15, 0.2) is 8.32 Å². The van der Waals surface area contributed by atoms with Gasteiger partial charge >= 0.3 is 12.2 Å². The summed E-state index contributed by atoms with van der Waals surface area (Å²) in [6.07, 6.45) is 3.23. The van der Waals surface area contributed by atoms with Crippen molar-refractivity contribution in [3.8, 4) is 0 Å². The van der Waals surface area contributed by atoms with Crippen molar-refractivity contribution in [2.45, 2.75) is 103 Å². The topological polar surface area (TPSA) is 68.3 Å². The van der Waals surface area contributed by atoms with Gasteiger partial charge in [-0.1, -0.05) is 33.4 Å². The van der Waals surface area contributed by atoms with E-state index in [2.05, 4.69) is 40.4 Å². The van der Waals surface area contributed by atoms with Crippen LogP contribution in [0.5, 0.6) is 0 Å². The standard InChI is InChI=1S/C23H42N2O5Si/c1-10-14-28-20(26)24-13-11-12-18(24)19-15-17(30-31(8,9)23(5,6)7)16-25(19)21(27)29-22(2,3)4/h10,17-19H,1,11-16H2,2-9H3/t17-,18?,19+/m1/s1. The Morgan fingerprint density at radius 2 is 1.71 bits per heavy atom. The summed E-state index contributed by atoms with van der Waals surface area (Å²) in [6.45, 7) is 21.6. The van der Waals surface area contributed by atoms with Crippen molar-refractivity contribution in [1.82, 2.24) is 9.80 Å². The van der Waals surface area contributed by atoms with E-state index in [0.29, 0.717) is 19.5 Å². The van der Waals surface area contributed by atoms with Gasteiger partial charge in [0.05, 0.1) is 18.2 Å². The first-order valence-corrected chi connectivity index (χ1v) is 14.3. The van der Waals surface area contributed by atoms with Crippen LogP contribution in [-0.4, -0.2) is 73.8 Å². The predicted molar refractivity (Wildman–Crippen MR) is 125 cm³/mol. The van der Waals surface area contributed by atoms with E-state index in [4.69, 9.17) is 13.9 Å². The average molecular weight is 455 g/mol. The fourth-order valence-corrected chi connectivity index (χ4v) is 5.39. The summed E-state index contributed by atoms with van der Waals surface area (Å²) < 4.78 is 17.7. The number of nitrogens with zero attached hydrogens (tertiary/aromatic N) is 2. The SMILES string of the molecule is C=CCOC(=O)N1CCCC1[C@@H]1C[C@@H](O[Si](C)(C)C(C)(C)C)CN1C(=O)OC(C)(C)C. The Hall–Kier alpha value is -1.54. The molecule has 2 amide bonds. The first kappa shape index (κ1) is 25.7. The molecule has 0 bridgehead atoms. The highest BCUT2D eigenvalue weighted by molar-refractivity contribution is 6.74. The first-order chi connectivity index (χ1) is 14.2. The van der Waals surface area contributed by atoms with Gasteiger partial charge in [0.1, 0.15) is 12.2 Å². The lowest BCUT2D eigenvalue weighted by Gasteiger charge is -2.38. The Morgan fingerprint density at radius 3 is 2.26 bits per heavy atom. The van der Waals surface area contributed by atoms with E-state index in [1.807, 2.05) is 20.8 Å². The van der Waals surface area contributed by atoms with Gasteiger partial charge in [-0.25, -0.2) is 9.59 Å². The lowest BCUT2D eigenvalue weighted by Crippen LogP contribution is -2.51. The zero-order valence-corrected chi connectivity index (χ0v) is 21.7.